The van der Waals surface area contributed by atoms with Gasteiger partial charge in [-0.05, 0) is 13.8 Å². The maximum absolute atomic E-state index is 12.6. The van der Waals surface area contributed by atoms with E-state index in [-0.39, 0.29) is 18.9 Å². The lowest BCUT2D eigenvalue weighted by Crippen LogP contribution is -2.66. The van der Waals surface area contributed by atoms with E-state index in [0.29, 0.717) is 13.1 Å². The van der Waals surface area contributed by atoms with Crippen LogP contribution in [0.4, 0.5) is 4.79 Å². The van der Waals surface area contributed by atoms with Gasteiger partial charge in [0.05, 0.1) is 6.10 Å². The van der Waals surface area contributed by atoms with Crippen molar-refractivity contribution in [3.8, 4) is 0 Å². The highest BCUT2D eigenvalue weighted by Crippen LogP contribution is 2.27. The zero-order valence-electron chi connectivity index (χ0n) is 12.4. The summed E-state index contributed by atoms with van der Waals surface area (Å²) in [5.41, 5.74) is -1.03. The van der Waals surface area contributed by atoms with Gasteiger partial charge in [-0.2, -0.15) is 0 Å². The molecule has 0 unspecified atom stereocenters. The number of aliphatic hydroxyl groups excluding tert-OH is 1. The molecule has 0 radical (unpaired) electrons. The molecular weight excluding hydrogens is 278 g/mol. The van der Waals surface area contributed by atoms with E-state index in [9.17, 15) is 24.6 Å². The average molecular weight is 299 g/mol. The first-order chi connectivity index (χ1) is 9.66. The number of amides is 3. The second-order valence-electron chi connectivity index (χ2n) is 6.12. The molecule has 0 aromatic carbocycles. The van der Waals surface area contributed by atoms with Crippen LogP contribution in [0.1, 0.15) is 20.3 Å². The largest absolute Gasteiger partial charge is 0.480 e. The summed E-state index contributed by atoms with van der Waals surface area (Å²) < 4.78 is 0. The summed E-state index contributed by atoms with van der Waals surface area (Å²) in [4.78, 5) is 40.2. The summed E-state index contributed by atoms with van der Waals surface area (Å²) >= 11 is 0. The third-order valence-corrected chi connectivity index (χ3v) is 4.24. The number of rotatable bonds is 1. The first-order valence-corrected chi connectivity index (χ1v) is 6.91. The molecule has 0 bridgehead atoms. The smallest absolute Gasteiger partial charge is 0.326 e. The number of aliphatic carboxylic acids is 1. The molecule has 0 aromatic heterocycles. The lowest BCUT2D eigenvalue weighted by molar-refractivity contribution is -0.145. The highest BCUT2D eigenvalue weighted by molar-refractivity contribution is 5.92. The molecule has 118 valence electrons. The van der Waals surface area contributed by atoms with Crippen molar-refractivity contribution in [2.75, 3.05) is 26.7 Å². The van der Waals surface area contributed by atoms with Gasteiger partial charge in [0.1, 0.15) is 11.6 Å². The molecule has 8 nitrogen and oxygen atoms in total. The monoisotopic (exact) mass is 299 g/mol. The van der Waals surface area contributed by atoms with E-state index >= 15 is 0 Å². The van der Waals surface area contributed by atoms with E-state index in [1.54, 1.807) is 25.8 Å². The SMILES string of the molecule is CN1CCN(C(=O)N2C[C@H](O)C[C@H]2C(=O)O)C(C)(C)C1=O. The molecule has 0 aliphatic carbocycles. The van der Waals surface area contributed by atoms with Crippen molar-refractivity contribution < 1.29 is 24.6 Å². The van der Waals surface area contributed by atoms with Crippen LogP contribution in [-0.2, 0) is 9.59 Å². The van der Waals surface area contributed by atoms with E-state index in [1.807, 2.05) is 0 Å². The fourth-order valence-corrected chi connectivity index (χ4v) is 2.96. The first kappa shape index (κ1) is 15.6. The Bertz CT molecular complexity index is 478. The standard InChI is InChI=1S/C13H21N3O5/c1-13(2)11(20)14(3)4-5-16(13)12(21)15-7-8(17)6-9(15)10(18)19/h8-9,17H,4-7H2,1-3H3,(H,18,19)/t8-,9+/m1/s1. The molecule has 21 heavy (non-hydrogen) atoms. The van der Waals surface area contributed by atoms with Gasteiger partial charge < -0.3 is 24.9 Å². The molecule has 0 aromatic rings. The van der Waals surface area contributed by atoms with Crippen molar-refractivity contribution >= 4 is 17.9 Å². The fraction of sp³-hybridized carbons (Fsp3) is 0.769. The molecule has 2 aliphatic rings. The fourth-order valence-electron chi connectivity index (χ4n) is 2.96. The zero-order chi connectivity index (χ0) is 15.9. The predicted molar refractivity (Wildman–Crippen MR) is 72.6 cm³/mol. The zero-order valence-corrected chi connectivity index (χ0v) is 12.4. The molecular formula is C13H21N3O5. The normalized spacial score (nSPS) is 29.0. The lowest BCUT2D eigenvalue weighted by atomic mass is 9.98. The van der Waals surface area contributed by atoms with Gasteiger partial charge in [0.15, 0.2) is 0 Å². The number of likely N-dealkylation sites (tertiary alicyclic amines) is 1. The number of carboxylic acids is 1. The van der Waals surface area contributed by atoms with Crippen molar-refractivity contribution in [3.63, 3.8) is 0 Å². The van der Waals surface area contributed by atoms with Gasteiger partial charge in [-0.3, -0.25) is 4.79 Å². The van der Waals surface area contributed by atoms with E-state index in [2.05, 4.69) is 0 Å². The predicted octanol–water partition coefficient (Wildman–Crippen LogP) is -0.821. The number of piperazine rings is 1. The number of hydrogen-bond donors (Lipinski definition) is 2. The number of hydrogen-bond acceptors (Lipinski definition) is 4. The van der Waals surface area contributed by atoms with E-state index in [4.69, 9.17) is 0 Å². The van der Waals surface area contributed by atoms with Crippen LogP contribution in [-0.4, -0.2) is 87.2 Å². The van der Waals surface area contributed by atoms with Gasteiger partial charge in [-0.15, -0.1) is 0 Å². The number of aliphatic hydroxyl groups is 1. The highest BCUT2D eigenvalue weighted by Gasteiger charge is 2.48. The number of likely N-dealkylation sites (N-methyl/N-ethyl adjacent to an activating group) is 1. The minimum Gasteiger partial charge on any atom is -0.480 e. The Labute approximate surface area is 122 Å². The van der Waals surface area contributed by atoms with E-state index < -0.39 is 29.7 Å². The summed E-state index contributed by atoms with van der Waals surface area (Å²) in [6.07, 6.45) is -0.829. The van der Waals surface area contributed by atoms with Crippen LogP contribution < -0.4 is 0 Å². The van der Waals surface area contributed by atoms with Crippen LogP contribution in [0, 0.1) is 0 Å². The van der Waals surface area contributed by atoms with Crippen molar-refractivity contribution in [1.29, 1.82) is 0 Å². The number of carbonyl (C=O) groups excluding carboxylic acids is 2. The second kappa shape index (κ2) is 5.18. The van der Waals surface area contributed by atoms with E-state index in [0.717, 1.165) is 4.90 Å². The number of carbonyl (C=O) groups is 3. The number of carboxylic acid groups (broad SMARTS) is 1. The third-order valence-electron chi connectivity index (χ3n) is 4.24. The summed E-state index contributed by atoms with van der Waals surface area (Å²) in [6.45, 7) is 4.01. The van der Waals surface area contributed by atoms with Crippen LogP contribution in [0.25, 0.3) is 0 Å². The molecule has 2 rings (SSSR count). The molecule has 3 amide bonds. The topological polar surface area (TPSA) is 101 Å². The minimum atomic E-state index is -1.14. The van der Waals surface area contributed by atoms with Gasteiger partial charge >= 0.3 is 12.0 Å². The second-order valence-corrected chi connectivity index (χ2v) is 6.12. The quantitative estimate of drug-likeness (QED) is 0.658. The first-order valence-electron chi connectivity index (χ1n) is 6.91. The Balaban J connectivity index is 2.23. The van der Waals surface area contributed by atoms with Gasteiger partial charge in [0, 0.05) is 33.1 Å². The molecule has 2 fully saturated rings. The van der Waals surface area contributed by atoms with Crippen LogP contribution in [0.5, 0.6) is 0 Å². The Morgan fingerprint density at radius 2 is 1.90 bits per heavy atom. The van der Waals surface area contributed by atoms with Gasteiger partial charge in [-0.25, -0.2) is 9.59 Å². The molecule has 2 N–H and O–H groups in total. The van der Waals surface area contributed by atoms with Crippen molar-refractivity contribution in [2.24, 2.45) is 0 Å². The number of nitrogens with zero attached hydrogens (tertiary/aromatic N) is 3. The van der Waals surface area contributed by atoms with Crippen molar-refractivity contribution in [3.05, 3.63) is 0 Å². The van der Waals surface area contributed by atoms with Gasteiger partial charge in [0.25, 0.3) is 0 Å². The summed E-state index contributed by atoms with van der Waals surface area (Å²) in [5, 5.41) is 18.8. The molecule has 0 saturated carbocycles. The maximum atomic E-state index is 12.6. The minimum absolute atomic E-state index is 0.0171. The number of urea groups is 1. The maximum Gasteiger partial charge on any atom is 0.326 e. The van der Waals surface area contributed by atoms with Gasteiger partial charge in [-0.1, -0.05) is 0 Å². The van der Waals surface area contributed by atoms with Crippen LogP contribution in [0.15, 0.2) is 0 Å². The van der Waals surface area contributed by atoms with Gasteiger partial charge in [0.2, 0.25) is 5.91 Å². The number of β-amino-alcohol motifs (C(OH)–C–C–N with tert-alkyl or cyclic N) is 1. The van der Waals surface area contributed by atoms with E-state index in [1.165, 1.54) is 4.90 Å². The Kier molecular flexibility index (Phi) is 3.83. The summed E-state index contributed by atoms with van der Waals surface area (Å²) in [5.74, 6) is -1.33. The van der Waals surface area contributed by atoms with Crippen LogP contribution in [0.2, 0.25) is 0 Å². The van der Waals surface area contributed by atoms with Crippen LogP contribution in [0.3, 0.4) is 0 Å². The Morgan fingerprint density at radius 3 is 2.48 bits per heavy atom. The molecule has 8 heteroatoms. The summed E-state index contributed by atoms with van der Waals surface area (Å²) in [7, 11) is 1.67. The van der Waals surface area contributed by atoms with Crippen LogP contribution >= 0.6 is 0 Å². The Morgan fingerprint density at radius 1 is 1.29 bits per heavy atom. The van der Waals surface area contributed by atoms with Crippen molar-refractivity contribution in [2.45, 2.75) is 38.0 Å². The third kappa shape index (κ3) is 2.55. The molecule has 2 aliphatic heterocycles. The highest BCUT2D eigenvalue weighted by atomic mass is 16.4. The molecule has 2 heterocycles. The molecule has 2 atom stereocenters. The molecule has 0 spiro atoms. The van der Waals surface area contributed by atoms with Crippen molar-refractivity contribution in [1.82, 2.24) is 14.7 Å². The molecule has 2 saturated heterocycles. The lowest BCUT2D eigenvalue weighted by Gasteiger charge is -2.46. The summed E-state index contributed by atoms with van der Waals surface area (Å²) in [6, 6.07) is -1.55. The average Bonchev–Trinajstić information content (AvgIpc) is 2.78. The Hall–Kier alpha value is -1.83.